The highest BCUT2D eigenvalue weighted by Gasteiger charge is 2.18. The fourth-order valence-corrected chi connectivity index (χ4v) is 1.47. The molecule has 0 spiro atoms. The van der Waals surface area contributed by atoms with Crippen molar-refractivity contribution in [1.82, 2.24) is 0 Å². The molecule has 2 nitrogen and oxygen atoms in total. The monoisotopic (exact) mass is 168 g/mol. The fourth-order valence-electron chi connectivity index (χ4n) is 1.47. The zero-order valence-corrected chi connectivity index (χ0v) is 7.87. The van der Waals surface area contributed by atoms with Crippen LogP contribution in [0.5, 0.6) is 0 Å². The molecule has 1 aliphatic rings. The molecule has 0 fully saturated rings. The van der Waals surface area contributed by atoms with E-state index in [9.17, 15) is 0 Å². The summed E-state index contributed by atoms with van der Waals surface area (Å²) in [5.74, 6) is 0.437. The molecule has 0 saturated carbocycles. The normalized spacial score (nSPS) is 23.9. The lowest BCUT2D eigenvalue weighted by molar-refractivity contribution is -0.258. The first-order chi connectivity index (χ1) is 5.65. The van der Waals surface area contributed by atoms with Crippen LogP contribution in [0.2, 0.25) is 0 Å². The van der Waals surface area contributed by atoms with Crippen LogP contribution in [0.25, 0.3) is 0 Å². The Labute approximate surface area is 73.5 Å². The van der Waals surface area contributed by atoms with E-state index in [1.165, 1.54) is 11.1 Å². The van der Waals surface area contributed by atoms with Crippen LogP contribution in [0.15, 0.2) is 23.3 Å². The lowest BCUT2D eigenvalue weighted by atomic mass is 9.90. The molecular formula is C10H16O2. The fraction of sp³-hybridized carbons (Fsp3) is 0.600. The van der Waals surface area contributed by atoms with Gasteiger partial charge < -0.3 is 0 Å². The molecule has 0 aromatic rings. The highest BCUT2D eigenvalue weighted by molar-refractivity contribution is 5.27. The van der Waals surface area contributed by atoms with Crippen molar-refractivity contribution in [3.8, 4) is 0 Å². The summed E-state index contributed by atoms with van der Waals surface area (Å²) < 4.78 is 0. The predicted molar refractivity (Wildman–Crippen MR) is 48.8 cm³/mol. The van der Waals surface area contributed by atoms with Gasteiger partial charge in [0.25, 0.3) is 0 Å². The molecule has 1 atom stereocenters. The second-order valence-corrected chi connectivity index (χ2v) is 3.60. The van der Waals surface area contributed by atoms with E-state index in [1.54, 1.807) is 0 Å². The SMILES string of the molecule is CC1=CC(OO)C(C(C)C)=CC1. The van der Waals surface area contributed by atoms with Crippen LogP contribution in [0.4, 0.5) is 0 Å². The first kappa shape index (κ1) is 9.49. The van der Waals surface area contributed by atoms with Gasteiger partial charge in [-0.05, 0) is 30.9 Å². The highest BCUT2D eigenvalue weighted by atomic mass is 17.1. The van der Waals surface area contributed by atoms with Gasteiger partial charge in [-0.1, -0.05) is 25.5 Å². The van der Waals surface area contributed by atoms with E-state index in [1.807, 2.05) is 13.0 Å². The average molecular weight is 168 g/mol. The van der Waals surface area contributed by atoms with Crippen LogP contribution >= 0.6 is 0 Å². The molecule has 0 bridgehead atoms. The quantitative estimate of drug-likeness (QED) is 0.390. The van der Waals surface area contributed by atoms with Crippen molar-refractivity contribution < 1.29 is 10.1 Å². The maximum atomic E-state index is 8.64. The molecule has 0 amide bonds. The summed E-state index contributed by atoms with van der Waals surface area (Å²) in [7, 11) is 0. The lowest BCUT2D eigenvalue weighted by Crippen LogP contribution is -2.18. The first-order valence-electron chi connectivity index (χ1n) is 4.32. The van der Waals surface area contributed by atoms with Gasteiger partial charge in [-0.15, -0.1) is 0 Å². The van der Waals surface area contributed by atoms with E-state index in [-0.39, 0.29) is 6.10 Å². The van der Waals surface area contributed by atoms with Crippen LogP contribution < -0.4 is 0 Å². The second-order valence-electron chi connectivity index (χ2n) is 3.60. The molecule has 12 heavy (non-hydrogen) atoms. The molecule has 1 rings (SSSR count). The maximum absolute atomic E-state index is 8.64. The Morgan fingerprint density at radius 3 is 2.75 bits per heavy atom. The molecule has 0 aromatic carbocycles. The van der Waals surface area contributed by atoms with Crippen LogP contribution in [0.3, 0.4) is 0 Å². The Hall–Kier alpha value is -0.600. The zero-order chi connectivity index (χ0) is 9.14. The number of allylic oxidation sites excluding steroid dienone is 2. The van der Waals surface area contributed by atoms with E-state index in [4.69, 9.17) is 5.26 Å². The van der Waals surface area contributed by atoms with Crippen molar-refractivity contribution in [1.29, 1.82) is 0 Å². The second kappa shape index (κ2) is 3.87. The van der Waals surface area contributed by atoms with Crippen LogP contribution in [0.1, 0.15) is 27.2 Å². The van der Waals surface area contributed by atoms with Gasteiger partial charge in [0.2, 0.25) is 0 Å². The molecule has 68 valence electrons. The third-order valence-corrected chi connectivity index (χ3v) is 2.20. The van der Waals surface area contributed by atoms with Crippen LogP contribution in [0, 0.1) is 5.92 Å². The van der Waals surface area contributed by atoms with Crippen molar-refractivity contribution in [2.45, 2.75) is 33.3 Å². The Morgan fingerprint density at radius 1 is 1.58 bits per heavy atom. The predicted octanol–water partition coefficient (Wildman–Crippen LogP) is 2.78. The molecule has 0 radical (unpaired) electrons. The summed E-state index contributed by atoms with van der Waals surface area (Å²) in [6.07, 6.45) is 4.86. The number of rotatable bonds is 2. The topological polar surface area (TPSA) is 29.5 Å². The first-order valence-corrected chi connectivity index (χ1v) is 4.32. The average Bonchev–Trinajstić information content (AvgIpc) is 2.03. The minimum Gasteiger partial charge on any atom is -0.251 e. The van der Waals surface area contributed by atoms with Crippen LogP contribution in [-0.4, -0.2) is 11.4 Å². The standard InChI is InChI=1S/C10H16O2/c1-7(2)9-5-4-8(3)6-10(9)12-11/h5-7,10-11H,4H2,1-3H3. The molecule has 1 N–H and O–H groups in total. The molecule has 1 aliphatic carbocycles. The minimum absolute atomic E-state index is 0.223. The van der Waals surface area contributed by atoms with E-state index < -0.39 is 0 Å². The van der Waals surface area contributed by atoms with Crippen molar-refractivity contribution in [2.75, 3.05) is 0 Å². The largest absolute Gasteiger partial charge is 0.251 e. The summed E-state index contributed by atoms with van der Waals surface area (Å²) in [4.78, 5) is 4.39. The van der Waals surface area contributed by atoms with Gasteiger partial charge in [-0.3, -0.25) is 5.26 Å². The Balaban J connectivity index is 2.76. The third kappa shape index (κ3) is 1.96. The molecule has 0 heterocycles. The molecule has 0 saturated heterocycles. The summed E-state index contributed by atoms with van der Waals surface area (Å²) in [5, 5.41) is 8.64. The van der Waals surface area contributed by atoms with Gasteiger partial charge in [0.15, 0.2) is 0 Å². The number of hydrogen-bond acceptors (Lipinski definition) is 2. The van der Waals surface area contributed by atoms with Crippen LogP contribution in [-0.2, 0) is 4.89 Å². The van der Waals surface area contributed by atoms with Gasteiger partial charge in [-0.25, -0.2) is 4.89 Å². The smallest absolute Gasteiger partial charge is 0.132 e. The van der Waals surface area contributed by atoms with E-state index in [2.05, 4.69) is 24.8 Å². The van der Waals surface area contributed by atoms with Gasteiger partial charge in [-0.2, -0.15) is 0 Å². The van der Waals surface area contributed by atoms with Gasteiger partial charge in [0, 0.05) is 0 Å². The number of hydrogen-bond donors (Lipinski definition) is 1. The van der Waals surface area contributed by atoms with Crippen molar-refractivity contribution in [2.24, 2.45) is 5.92 Å². The Kier molecular flexibility index (Phi) is 3.06. The van der Waals surface area contributed by atoms with E-state index in [0.717, 1.165) is 6.42 Å². The molecule has 0 aromatic heterocycles. The van der Waals surface area contributed by atoms with Crippen molar-refractivity contribution >= 4 is 0 Å². The molecule has 1 unspecified atom stereocenters. The van der Waals surface area contributed by atoms with Crippen molar-refractivity contribution in [3.63, 3.8) is 0 Å². The summed E-state index contributed by atoms with van der Waals surface area (Å²) in [5.41, 5.74) is 2.42. The zero-order valence-electron chi connectivity index (χ0n) is 7.87. The lowest BCUT2D eigenvalue weighted by Gasteiger charge is -2.21. The van der Waals surface area contributed by atoms with E-state index in [0.29, 0.717) is 5.92 Å². The summed E-state index contributed by atoms with van der Waals surface area (Å²) >= 11 is 0. The van der Waals surface area contributed by atoms with E-state index >= 15 is 0 Å². The van der Waals surface area contributed by atoms with Gasteiger partial charge >= 0.3 is 0 Å². The molecule has 0 aliphatic heterocycles. The Bertz CT molecular complexity index is 214. The molecule has 2 heteroatoms. The molecular weight excluding hydrogens is 152 g/mol. The Morgan fingerprint density at radius 2 is 2.25 bits per heavy atom. The van der Waals surface area contributed by atoms with Gasteiger partial charge in [0.1, 0.15) is 6.10 Å². The highest BCUT2D eigenvalue weighted by Crippen LogP contribution is 2.25. The minimum atomic E-state index is -0.223. The maximum Gasteiger partial charge on any atom is 0.132 e. The van der Waals surface area contributed by atoms with Gasteiger partial charge in [0.05, 0.1) is 0 Å². The van der Waals surface area contributed by atoms with Crippen molar-refractivity contribution in [3.05, 3.63) is 23.3 Å². The summed E-state index contributed by atoms with van der Waals surface area (Å²) in [6.45, 7) is 6.25. The summed E-state index contributed by atoms with van der Waals surface area (Å²) in [6, 6.07) is 0. The third-order valence-electron chi connectivity index (χ3n) is 2.20.